The molecule has 0 saturated heterocycles. The SMILES string of the molecule is CC(C)CCNC(C)c1ccc(C#N)s1. The van der Waals surface area contributed by atoms with Crippen LogP contribution in [-0.4, -0.2) is 6.54 Å². The lowest BCUT2D eigenvalue weighted by Gasteiger charge is -2.12. The van der Waals surface area contributed by atoms with Gasteiger partial charge in [0.05, 0.1) is 0 Å². The Morgan fingerprint density at radius 1 is 1.40 bits per heavy atom. The first-order chi connectivity index (χ1) is 7.13. The zero-order valence-corrected chi connectivity index (χ0v) is 10.4. The maximum absolute atomic E-state index is 8.72. The minimum atomic E-state index is 0.357. The molecule has 0 bridgehead atoms. The van der Waals surface area contributed by atoms with Gasteiger partial charge in [-0.1, -0.05) is 13.8 Å². The van der Waals surface area contributed by atoms with Gasteiger partial charge in [-0.25, -0.2) is 0 Å². The highest BCUT2D eigenvalue weighted by Crippen LogP contribution is 2.22. The molecule has 0 radical (unpaired) electrons. The Hall–Kier alpha value is -0.850. The molecule has 1 aromatic heterocycles. The molecule has 0 aromatic carbocycles. The predicted octanol–water partition coefficient (Wildman–Crippen LogP) is 3.32. The minimum Gasteiger partial charge on any atom is -0.309 e. The van der Waals surface area contributed by atoms with Gasteiger partial charge in [0.2, 0.25) is 0 Å². The van der Waals surface area contributed by atoms with Gasteiger partial charge in [0.1, 0.15) is 10.9 Å². The van der Waals surface area contributed by atoms with Gasteiger partial charge < -0.3 is 5.32 Å². The van der Waals surface area contributed by atoms with Crippen molar-refractivity contribution < 1.29 is 0 Å². The summed E-state index contributed by atoms with van der Waals surface area (Å²) in [6.45, 7) is 7.64. The van der Waals surface area contributed by atoms with E-state index in [-0.39, 0.29) is 0 Å². The van der Waals surface area contributed by atoms with Gasteiger partial charge in [-0.05, 0) is 37.9 Å². The van der Waals surface area contributed by atoms with Crippen molar-refractivity contribution in [1.29, 1.82) is 5.26 Å². The molecule has 0 fully saturated rings. The van der Waals surface area contributed by atoms with Crippen molar-refractivity contribution in [2.45, 2.75) is 33.2 Å². The summed E-state index contributed by atoms with van der Waals surface area (Å²) in [4.78, 5) is 2.04. The number of thiophene rings is 1. The van der Waals surface area contributed by atoms with E-state index in [1.165, 1.54) is 11.3 Å². The van der Waals surface area contributed by atoms with Gasteiger partial charge in [0, 0.05) is 10.9 Å². The van der Waals surface area contributed by atoms with Crippen LogP contribution in [0.5, 0.6) is 0 Å². The van der Waals surface area contributed by atoms with E-state index in [9.17, 15) is 0 Å². The first-order valence-corrected chi connectivity index (χ1v) is 6.18. The van der Waals surface area contributed by atoms with E-state index in [2.05, 4.69) is 32.2 Å². The molecule has 1 aromatic rings. The van der Waals surface area contributed by atoms with Crippen molar-refractivity contribution in [1.82, 2.24) is 5.32 Å². The van der Waals surface area contributed by atoms with Crippen molar-refractivity contribution in [3.63, 3.8) is 0 Å². The van der Waals surface area contributed by atoms with Crippen LogP contribution in [0.3, 0.4) is 0 Å². The van der Waals surface area contributed by atoms with Crippen LogP contribution < -0.4 is 5.32 Å². The fourth-order valence-electron chi connectivity index (χ4n) is 1.33. The molecule has 82 valence electrons. The molecule has 1 atom stereocenters. The van der Waals surface area contributed by atoms with Crippen molar-refractivity contribution in [3.05, 3.63) is 21.9 Å². The summed E-state index contributed by atoms with van der Waals surface area (Å²) in [6.07, 6.45) is 1.20. The number of nitrogens with zero attached hydrogens (tertiary/aromatic N) is 1. The molecule has 1 N–H and O–H groups in total. The molecule has 0 aliphatic rings. The first-order valence-electron chi connectivity index (χ1n) is 5.36. The molecule has 1 unspecified atom stereocenters. The highest BCUT2D eigenvalue weighted by molar-refractivity contribution is 7.12. The van der Waals surface area contributed by atoms with E-state index in [0.717, 1.165) is 17.3 Å². The molecule has 2 nitrogen and oxygen atoms in total. The maximum Gasteiger partial charge on any atom is 0.110 e. The van der Waals surface area contributed by atoms with Crippen LogP contribution >= 0.6 is 11.3 Å². The number of hydrogen-bond donors (Lipinski definition) is 1. The molecule has 0 aliphatic carbocycles. The van der Waals surface area contributed by atoms with E-state index < -0.39 is 0 Å². The zero-order valence-electron chi connectivity index (χ0n) is 9.58. The monoisotopic (exact) mass is 222 g/mol. The third-order valence-corrected chi connectivity index (χ3v) is 3.51. The summed E-state index contributed by atoms with van der Waals surface area (Å²) in [5, 5.41) is 12.2. The zero-order chi connectivity index (χ0) is 11.3. The first kappa shape index (κ1) is 12.2. The molecule has 0 aliphatic heterocycles. The second-order valence-electron chi connectivity index (χ2n) is 4.17. The number of hydrogen-bond acceptors (Lipinski definition) is 3. The second kappa shape index (κ2) is 5.89. The Morgan fingerprint density at radius 3 is 2.67 bits per heavy atom. The van der Waals surface area contributed by atoms with Gasteiger partial charge >= 0.3 is 0 Å². The van der Waals surface area contributed by atoms with Crippen molar-refractivity contribution in [2.75, 3.05) is 6.54 Å². The number of nitrogens with one attached hydrogen (secondary N) is 1. The largest absolute Gasteiger partial charge is 0.309 e. The van der Waals surface area contributed by atoms with Crippen LogP contribution in [0.2, 0.25) is 0 Å². The van der Waals surface area contributed by atoms with Crippen LogP contribution in [0.1, 0.15) is 43.0 Å². The molecule has 1 rings (SSSR count). The average Bonchev–Trinajstić information content (AvgIpc) is 2.65. The Bertz CT molecular complexity index is 336. The summed E-state index contributed by atoms with van der Waals surface area (Å²) >= 11 is 1.58. The maximum atomic E-state index is 8.72. The molecular weight excluding hydrogens is 204 g/mol. The van der Waals surface area contributed by atoms with E-state index in [0.29, 0.717) is 6.04 Å². The highest BCUT2D eigenvalue weighted by Gasteiger charge is 2.07. The number of rotatable bonds is 5. The van der Waals surface area contributed by atoms with Gasteiger partial charge in [0.15, 0.2) is 0 Å². The summed E-state index contributed by atoms with van der Waals surface area (Å²) in [7, 11) is 0. The predicted molar refractivity (Wildman–Crippen MR) is 64.9 cm³/mol. The van der Waals surface area contributed by atoms with E-state index in [1.807, 2.05) is 12.1 Å². The van der Waals surface area contributed by atoms with Crippen molar-refractivity contribution >= 4 is 11.3 Å². The molecule has 0 saturated carbocycles. The quantitative estimate of drug-likeness (QED) is 0.829. The summed E-state index contributed by atoms with van der Waals surface area (Å²) in [5.41, 5.74) is 0. The fraction of sp³-hybridized carbons (Fsp3) is 0.583. The third kappa shape index (κ3) is 4.03. The molecule has 0 spiro atoms. The Balaban J connectivity index is 2.40. The Labute approximate surface area is 95.9 Å². The Kier molecular flexibility index (Phi) is 4.80. The number of nitriles is 1. The van der Waals surface area contributed by atoms with E-state index >= 15 is 0 Å². The van der Waals surface area contributed by atoms with E-state index in [1.54, 1.807) is 11.3 Å². The third-order valence-electron chi connectivity index (χ3n) is 2.34. The second-order valence-corrected chi connectivity index (χ2v) is 5.29. The summed E-state index contributed by atoms with van der Waals surface area (Å²) in [5.74, 6) is 0.739. The summed E-state index contributed by atoms with van der Waals surface area (Å²) in [6, 6.07) is 6.45. The van der Waals surface area contributed by atoms with Crippen LogP contribution in [0.15, 0.2) is 12.1 Å². The molecular formula is C12H18N2S. The highest BCUT2D eigenvalue weighted by atomic mass is 32.1. The smallest absolute Gasteiger partial charge is 0.110 e. The Morgan fingerprint density at radius 2 is 2.13 bits per heavy atom. The van der Waals surface area contributed by atoms with Crippen LogP contribution in [0.25, 0.3) is 0 Å². The van der Waals surface area contributed by atoms with Crippen molar-refractivity contribution in [2.24, 2.45) is 5.92 Å². The molecule has 0 amide bonds. The van der Waals surface area contributed by atoms with E-state index in [4.69, 9.17) is 5.26 Å². The lowest BCUT2D eigenvalue weighted by atomic mass is 10.1. The van der Waals surface area contributed by atoms with Gasteiger partial charge in [0.25, 0.3) is 0 Å². The topological polar surface area (TPSA) is 35.8 Å². The molecule has 3 heteroatoms. The van der Waals surface area contributed by atoms with Gasteiger partial charge in [-0.2, -0.15) is 5.26 Å². The van der Waals surface area contributed by atoms with Gasteiger partial charge in [-0.3, -0.25) is 0 Å². The lowest BCUT2D eigenvalue weighted by molar-refractivity contribution is 0.500. The summed E-state index contributed by atoms with van der Waals surface area (Å²) < 4.78 is 0. The minimum absolute atomic E-state index is 0.357. The van der Waals surface area contributed by atoms with Crippen LogP contribution in [0.4, 0.5) is 0 Å². The standard InChI is InChI=1S/C12H18N2S/c1-9(2)6-7-14-10(3)12-5-4-11(8-13)15-12/h4-5,9-10,14H,6-7H2,1-3H3. The van der Waals surface area contributed by atoms with Crippen molar-refractivity contribution in [3.8, 4) is 6.07 Å². The normalized spacial score (nSPS) is 12.7. The average molecular weight is 222 g/mol. The van der Waals surface area contributed by atoms with Crippen LogP contribution in [0, 0.1) is 17.2 Å². The van der Waals surface area contributed by atoms with Crippen LogP contribution in [-0.2, 0) is 0 Å². The fourth-order valence-corrected chi connectivity index (χ4v) is 2.17. The molecule has 15 heavy (non-hydrogen) atoms. The van der Waals surface area contributed by atoms with Gasteiger partial charge in [-0.15, -0.1) is 11.3 Å². The lowest BCUT2D eigenvalue weighted by Crippen LogP contribution is -2.20. The molecule has 1 heterocycles.